The number of nitrogens with zero attached hydrogens (tertiary/aromatic N) is 5. The Morgan fingerprint density at radius 3 is 2.38 bits per heavy atom. The fourth-order valence-electron chi connectivity index (χ4n) is 4.54. The Morgan fingerprint density at radius 2 is 1.68 bits per heavy atom. The number of anilines is 1. The van der Waals surface area contributed by atoms with Crippen molar-refractivity contribution < 1.29 is 9.18 Å². The average molecular weight is 458 g/mol. The fraction of sp³-hybridized carbons (Fsp3) is 0.259. The molecule has 2 aromatic heterocycles. The number of halogens is 1. The summed E-state index contributed by atoms with van der Waals surface area (Å²) in [7, 11) is 1.97. The van der Waals surface area contributed by atoms with Crippen molar-refractivity contribution >= 4 is 11.6 Å². The summed E-state index contributed by atoms with van der Waals surface area (Å²) >= 11 is 0. The Hall–Kier alpha value is -3.87. The van der Waals surface area contributed by atoms with E-state index in [1.807, 2.05) is 65.7 Å². The first kappa shape index (κ1) is 21.9. The van der Waals surface area contributed by atoms with E-state index in [4.69, 9.17) is 5.10 Å². The predicted molar refractivity (Wildman–Crippen MR) is 132 cm³/mol. The second kappa shape index (κ2) is 8.82. The van der Waals surface area contributed by atoms with Crippen LogP contribution in [0.25, 0.3) is 17.1 Å². The van der Waals surface area contributed by atoms with Crippen LogP contribution >= 0.6 is 0 Å². The summed E-state index contributed by atoms with van der Waals surface area (Å²) in [5.41, 5.74) is 5.86. The molecule has 1 aliphatic heterocycles. The van der Waals surface area contributed by atoms with Crippen LogP contribution in [0.2, 0.25) is 0 Å². The van der Waals surface area contributed by atoms with Crippen molar-refractivity contribution in [3.63, 3.8) is 0 Å². The highest BCUT2D eigenvalue weighted by atomic mass is 19.1. The molecule has 5 rings (SSSR count). The van der Waals surface area contributed by atoms with Crippen molar-refractivity contribution in [3.05, 3.63) is 89.5 Å². The Bertz CT molecular complexity index is 1350. The van der Waals surface area contributed by atoms with Crippen LogP contribution in [0.15, 0.2) is 66.9 Å². The first-order chi connectivity index (χ1) is 16.4. The van der Waals surface area contributed by atoms with Crippen molar-refractivity contribution in [1.29, 1.82) is 0 Å². The standard InChI is InChI=1S/C27H28FN5O/c1-19-10-11-20(2)25(17-19)33-26(18-22(29-33)24-9-6-12-30(24)3)27(34)32-15-13-31(14-16-32)23-8-5-4-7-21(23)28/h4-12,17-18H,13-16H2,1-3H3. The van der Waals surface area contributed by atoms with Gasteiger partial charge >= 0.3 is 0 Å². The topological polar surface area (TPSA) is 46.3 Å². The maximum atomic E-state index is 14.2. The first-order valence-corrected chi connectivity index (χ1v) is 11.5. The number of carbonyl (C=O) groups excluding carboxylic acids is 1. The lowest BCUT2D eigenvalue weighted by molar-refractivity contribution is 0.0737. The van der Waals surface area contributed by atoms with Crippen LogP contribution in [0.3, 0.4) is 0 Å². The molecular weight excluding hydrogens is 429 g/mol. The quantitative estimate of drug-likeness (QED) is 0.450. The number of para-hydroxylation sites is 1. The minimum absolute atomic E-state index is 0.0675. The van der Waals surface area contributed by atoms with Crippen molar-refractivity contribution in [2.45, 2.75) is 13.8 Å². The average Bonchev–Trinajstić information content (AvgIpc) is 3.47. The molecule has 3 heterocycles. The third kappa shape index (κ3) is 3.98. The van der Waals surface area contributed by atoms with E-state index in [1.54, 1.807) is 16.8 Å². The summed E-state index contributed by atoms with van der Waals surface area (Å²) < 4.78 is 18.0. The number of aryl methyl sites for hydroxylation is 3. The molecule has 0 radical (unpaired) electrons. The highest BCUT2D eigenvalue weighted by Crippen LogP contribution is 2.26. The molecule has 0 saturated carbocycles. The minimum atomic E-state index is -0.234. The summed E-state index contributed by atoms with van der Waals surface area (Å²) in [6, 6.07) is 18.8. The van der Waals surface area contributed by atoms with Gasteiger partial charge in [0.05, 0.1) is 17.1 Å². The molecule has 2 aromatic carbocycles. The van der Waals surface area contributed by atoms with Gasteiger partial charge in [-0.3, -0.25) is 4.79 Å². The zero-order valence-electron chi connectivity index (χ0n) is 19.7. The molecule has 0 aliphatic carbocycles. The van der Waals surface area contributed by atoms with Crippen molar-refractivity contribution in [2.75, 3.05) is 31.1 Å². The Morgan fingerprint density at radius 1 is 0.912 bits per heavy atom. The smallest absolute Gasteiger partial charge is 0.272 e. The molecule has 174 valence electrons. The molecule has 6 nitrogen and oxygen atoms in total. The van der Waals surface area contributed by atoms with Crippen molar-refractivity contribution in [2.24, 2.45) is 7.05 Å². The van der Waals surface area contributed by atoms with Gasteiger partial charge in [0.25, 0.3) is 5.91 Å². The summed E-state index contributed by atoms with van der Waals surface area (Å²) in [6.45, 7) is 6.26. The monoisotopic (exact) mass is 457 g/mol. The number of carbonyl (C=O) groups is 1. The van der Waals surface area contributed by atoms with Crippen LogP contribution in [0.4, 0.5) is 10.1 Å². The van der Waals surface area contributed by atoms with Gasteiger partial charge in [0, 0.05) is 39.4 Å². The summed E-state index contributed by atoms with van der Waals surface area (Å²) in [6.07, 6.45) is 1.97. The molecule has 1 amide bonds. The van der Waals surface area contributed by atoms with Crippen LogP contribution in [0, 0.1) is 19.7 Å². The number of amides is 1. The summed E-state index contributed by atoms with van der Waals surface area (Å²) in [4.78, 5) is 17.6. The molecule has 7 heteroatoms. The van der Waals surface area contributed by atoms with Crippen LogP contribution in [-0.2, 0) is 7.05 Å². The van der Waals surface area contributed by atoms with E-state index in [2.05, 4.69) is 18.2 Å². The van der Waals surface area contributed by atoms with E-state index in [-0.39, 0.29) is 11.7 Å². The van der Waals surface area contributed by atoms with E-state index in [9.17, 15) is 9.18 Å². The molecule has 0 bridgehead atoms. The minimum Gasteiger partial charge on any atom is -0.366 e. The molecule has 1 saturated heterocycles. The zero-order chi connectivity index (χ0) is 23.8. The third-order valence-corrected chi connectivity index (χ3v) is 6.49. The van der Waals surface area contributed by atoms with Crippen LogP contribution in [0.5, 0.6) is 0 Å². The number of piperazine rings is 1. The Kier molecular flexibility index (Phi) is 5.69. The Balaban J connectivity index is 1.47. The van der Waals surface area contributed by atoms with E-state index >= 15 is 0 Å². The summed E-state index contributed by atoms with van der Waals surface area (Å²) in [5, 5.41) is 4.86. The SMILES string of the molecule is Cc1ccc(C)c(-n2nc(-c3cccn3C)cc2C(=O)N2CCN(c3ccccc3F)CC2)c1. The fourth-order valence-corrected chi connectivity index (χ4v) is 4.54. The van der Waals surface area contributed by atoms with Crippen molar-refractivity contribution in [3.8, 4) is 17.1 Å². The van der Waals surface area contributed by atoms with Crippen molar-refractivity contribution in [1.82, 2.24) is 19.2 Å². The maximum Gasteiger partial charge on any atom is 0.272 e. The van der Waals surface area contributed by atoms with Gasteiger partial charge in [-0.1, -0.05) is 24.3 Å². The van der Waals surface area contributed by atoms with Gasteiger partial charge in [0.2, 0.25) is 0 Å². The van der Waals surface area contributed by atoms with Gasteiger partial charge in [-0.2, -0.15) is 5.10 Å². The zero-order valence-corrected chi connectivity index (χ0v) is 19.7. The molecular formula is C27H28FN5O. The predicted octanol–water partition coefficient (Wildman–Crippen LogP) is 4.60. The number of hydrogen-bond donors (Lipinski definition) is 0. The van der Waals surface area contributed by atoms with E-state index in [0.717, 1.165) is 28.2 Å². The Labute approximate surface area is 198 Å². The van der Waals surface area contributed by atoms with E-state index < -0.39 is 0 Å². The normalized spacial score (nSPS) is 14.0. The lowest BCUT2D eigenvalue weighted by Gasteiger charge is -2.36. The van der Waals surface area contributed by atoms with Crippen LogP contribution < -0.4 is 4.90 Å². The number of aromatic nitrogens is 3. The molecule has 0 atom stereocenters. The van der Waals surface area contributed by atoms with Gasteiger partial charge in [0.1, 0.15) is 17.2 Å². The van der Waals surface area contributed by atoms with Gasteiger partial charge < -0.3 is 14.4 Å². The maximum absolute atomic E-state index is 14.2. The second-order valence-corrected chi connectivity index (χ2v) is 8.85. The molecule has 1 aliphatic rings. The highest BCUT2D eigenvalue weighted by Gasteiger charge is 2.27. The third-order valence-electron chi connectivity index (χ3n) is 6.49. The largest absolute Gasteiger partial charge is 0.366 e. The van der Waals surface area contributed by atoms with Gasteiger partial charge in [-0.05, 0) is 61.4 Å². The lowest BCUT2D eigenvalue weighted by atomic mass is 10.1. The molecule has 4 aromatic rings. The summed E-state index contributed by atoms with van der Waals surface area (Å²) in [5.74, 6) is -0.301. The van der Waals surface area contributed by atoms with E-state index in [0.29, 0.717) is 37.6 Å². The van der Waals surface area contributed by atoms with Crippen LogP contribution in [-0.4, -0.2) is 51.3 Å². The molecule has 0 spiro atoms. The van der Waals surface area contributed by atoms with Crippen LogP contribution in [0.1, 0.15) is 21.6 Å². The molecule has 34 heavy (non-hydrogen) atoms. The molecule has 1 fully saturated rings. The van der Waals surface area contributed by atoms with Gasteiger partial charge in [-0.25, -0.2) is 9.07 Å². The number of rotatable bonds is 4. The first-order valence-electron chi connectivity index (χ1n) is 11.5. The second-order valence-electron chi connectivity index (χ2n) is 8.85. The number of hydrogen-bond acceptors (Lipinski definition) is 3. The van der Waals surface area contributed by atoms with Gasteiger partial charge in [-0.15, -0.1) is 0 Å². The molecule has 0 N–H and O–H groups in total. The lowest BCUT2D eigenvalue weighted by Crippen LogP contribution is -2.49. The van der Waals surface area contributed by atoms with E-state index in [1.165, 1.54) is 6.07 Å². The number of benzene rings is 2. The van der Waals surface area contributed by atoms with Gasteiger partial charge in [0.15, 0.2) is 0 Å². The molecule has 0 unspecified atom stereocenters. The highest BCUT2D eigenvalue weighted by molar-refractivity contribution is 5.94.